The Balaban J connectivity index is 1.81. The minimum absolute atomic E-state index is 0.0396. The molecular weight excluding hydrogens is 479 g/mol. The first kappa shape index (κ1) is 22.0. The van der Waals surface area contributed by atoms with Gasteiger partial charge < -0.3 is 9.47 Å². The van der Waals surface area contributed by atoms with Crippen LogP contribution in [0.1, 0.15) is 25.3 Å². The molecule has 8 heteroatoms. The molecule has 0 bridgehead atoms. The van der Waals surface area contributed by atoms with Crippen LogP contribution < -0.4 is 10.1 Å². The van der Waals surface area contributed by atoms with Crippen molar-refractivity contribution in [2.24, 2.45) is 5.92 Å². The van der Waals surface area contributed by atoms with E-state index in [1.807, 2.05) is 38.1 Å². The summed E-state index contributed by atoms with van der Waals surface area (Å²) in [6.07, 6.45) is 0.802. The first-order valence-electron chi connectivity index (χ1n) is 9.96. The molecule has 2 heterocycles. The number of imide groups is 1. The third-order valence-electron chi connectivity index (χ3n) is 5.31. The molecule has 0 aliphatic carbocycles. The summed E-state index contributed by atoms with van der Waals surface area (Å²) in [4.78, 5) is 28.0. The molecule has 1 atom stereocenters. The summed E-state index contributed by atoms with van der Waals surface area (Å²) in [5.74, 6) is -0.860. The maximum atomic E-state index is 14.3. The van der Waals surface area contributed by atoms with E-state index in [0.717, 1.165) is 10.9 Å². The van der Waals surface area contributed by atoms with Gasteiger partial charge in [0.2, 0.25) is 5.88 Å². The number of halogens is 2. The zero-order valence-electron chi connectivity index (χ0n) is 17.6. The molecule has 1 aliphatic rings. The molecule has 6 nitrogen and oxygen atoms in total. The number of nitrogens with one attached hydrogen (secondary N) is 1. The van der Waals surface area contributed by atoms with Crippen molar-refractivity contribution in [3.63, 3.8) is 0 Å². The molecule has 1 N–H and O–H groups in total. The molecule has 0 spiro atoms. The van der Waals surface area contributed by atoms with Gasteiger partial charge in [-0.2, -0.15) is 0 Å². The minimum atomic E-state index is -0.797. The predicted octanol–water partition coefficient (Wildman–Crippen LogP) is 5.70. The van der Waals surface area contributed by atoms with Gasteiger partial charge in [0, 0.05) is 26.9 Å². The van der Waals surface area contributed by atoms with Crippen LogP contribution in [0.25, 0.3) is 22.0 Å². The lowest BCUT2D eigenvalue weighted by Crippen LogP contribution is -2.19. The lowest BCUT2D eigenvalue weighted by Gasteiger charge is -2.21. The largest absolute Gasteiger partial charge is 0.481 e. The summed E-state index contributed by atoms with van der Waals surface area (Å²) in [7, 11) is 1.51. The Kier molecular flexibility index (Phi) is 5.97. The molecule has 32 heavy (non-hydrogen) atoms. The van der Waals surface area contributed by atoms with E-state index in [1.165, 1.54) is 13.2 Å². The van der Waals surface area contributed by atoms with E-state index in [9.17, 15) is 14.0 Å². The maximum Gasteiger partial charge on any atom is 0.419 e. The predicted molar refractivity (Wildman–Crippen MR) is 122 cm³/mol. The first-order valence-corrected chi connectivity index (χ1v) is 10.8. The van der Waals surface area contributed by atoms with Crippen LogP contribution in [0.2, 0.25) is 0 Å². The van der Waals surface area contributed by atoms with Crippen molar-refractivity contribution in [2.75, 3.05) is 7.11 Å². The summed E-state index contributed by atoms with van der Waals surface area (Å²) in [5, 5.41) is 3.39. The first-order chi connectivity index (χ1) is 15.3. The number of nitrogens with zero attached hydrogens (tertiary/aromatic N) is 1. The Labute approximate surface area is 192 Å². The number of cyclic esters (lactones) is 1. The highest BCUT2D eigenvalue weighted by molar-refractivity contribution is 9.10. The van der Waals surface area contributed by atoms with Crippen molar-refractivity contribution in [2.45, 2.75) is 19.8 Å². The molecule has 3 aromatic rings. The second-order valence-corrected chi connectivity index (χ2v) is 8.59. The van der Waals surface area contributed by atoms with Crippen LogP contribution in [0, 0.1) is 11.7 Å². The van der Waals surface area contributed by atoms with Gasteiger partial charge in [0.1, 0.15) is 5.82 Å². The van der Waals surface area contributed by atoms with E-state index in [1.54, 1.807) is 18.2 Å². The van der Waals surface area contributed by atoms with Gasteiger partial charge in [-0.3, -0.25) is 10.1 Å². The maximum absolute atomic E-state index is 14.3. The fraction of sp³-hybridized carbons (Fsp3) is 0.208. The number of benzene rings is 2. The monoisotopic (exact) mass is 498 g/mol. The Hall–Kier alpha value is -3.26. The second-order valence-electron chi connectivity index (χ2n) is 7.74. The number of hydrogen-bond acceptors (Lipinski definition) is 5. The molecule has 1 fully saturated rings. The van der Waals surface area contributed by atoms with Gasteiger partial charge in [0.15, 0.2) is 5.76 Å². The Morgan fingerprint density at radius 1 is 1.19 bits per heavy atom. The zero-order chi connectivity index (χ0) is 23.0. The van der Waals surface area contributed by atoms with Gasteiger partial charge in [-0.05, 0) is 51.5 Å². The van der Waals surface area contributed by atoms with Crippen molar-refractivity contribution < 1.29 is 23.5 Å². The van der Waals surface area contributed by atoms with Crippen molar-refractivity contribution in [1.29, 1.82) is 0 Å². The molecule has 0 radical (unpaired) electrons. The molecule has 1 aliphatic heterocycles. The molecule has 2 aromatic carbocycles. The van der Waals surface area contributed by atoms with Crippen LogP contribution in [0.4, 0.5) is 9.18 Å². The third-order valence-corrected chi connectivity index (χ3v) is 5.92. The number of hydrogen-bond donors (Lipinski definition) is 1. The number of allylic oxidation sites excluding steroid dienone is 1. The summed E-state index contributed by atoms with van der Waals surface area (Å²) in [5.41, 5.74) is 2.03. The Bertz CT molecular complexity index is 1270. The molecule has 164 valence electrons. The summed E-state index contributed by atoms with van der Waals surface area (Å²) >= 11 is 3.58. The highest BCUT2D eigenvalue weighted by Crippen LogP contribution is 2.39. The number of fused-ring (bicyclic) bond motifs is 1. The average molecular weight is 499 g/mol. The molecule has 2 amide bonds. The fourth-order valence-corrected chi connectivity index (χ4v) is 4.28. The van der Waals surface area contributed by atoms with Gasteiger partial charge in [-0.25, -0.2) is 14.2 Å². The highest BCUT2D eigenvalue weighted by atomic mass is 79.9. The van der Waals surface area contributed by atoms with Gasteiger partial charge in [0.05, 0.1) is 12.8 Å². The van der Waals surface area contributed by atoms with Crippen LogP contribution in [-0.2, 0) is 9.53 Å². The second kappa shape index (κ2) is 8.70. The number of aromatic nitrogens is 1. The van der Waals surface area contributed by atoms with Gasteiger partial charge in [0.25, 0.3) is 5.91 Å². The van der Waals surface area contributed by atoms with Crippen LogP contribution in [-0.4, -0.2) is 24.1 Å². The molecular formula is C24H20BrFN2O4. The number of ether oxygens (including phenoxy) is 2. The Morgan fingerprint density at radius 2 is 1.97 bits per heavy atom. The van der Waals surface area contributed by atoms with E-state index < -0.39 is 12.0 Å². The minimum Gasteiger partial charge on any atom is -0.481 e. The van der Waals surface area contributed by atoms with E-state index in [4.69, 9.17) is 9.47 Å². The van der Waals surface area contributed by atoms with E-state index in [2.05, 4.69) is 26.2 Å². The van der Waals surface area contributed by atoms with Crippen molar-refractivity contribution in [3.8, 4) is 17.1 Å². The number of rotatable bonds is 5. The summed E-state index contributed by atoms with van der Waals surface area (Å²) in [6.45, 7) is 3.95. The molecule has 1 aromatic heterocycles. The van der Waals surface area contributed by atoms with E-state index in [0.29, 0.717) is 27.0 Å². The Morgan fingerprint density at radius 3 is 2.62 bits per heavy atom. The number of amides is 2. The lowest BCUT2D eigenvalue weighted by atomic mass is 9.88. The molecule has 0 saturated carbocycles. The third kappa shape index (κ3) is 4.10. The van der Waals surface area contributed by atoms with Gasteiger partial charge >= 0.3 is 6.09 Å². The van der Waals surface area contributed by atoms with Gasteiger partial charge in [-0.1, -0.05) is 38.1 Å². The van der Waals surface area contributed by atoms with Crippen LogP contribution in [0.3, 0.4) is 0 Å². The zero-order valence-corrected chi connectivity index (χ0v) is 19.2. The van der Waals surface area contributed by atoms with Crippen LogP contribution >= 0.6 is 15.9 Å². The fourth-order valence-electron chi connectivity index (χ4n) is 3.71. The number of pyridine rings is 1. The van der Waals surface area contributed by atoms with E-state index in [-0.39, 0.29) is 23.4 Å². The SMILES string of the molecule is COc1nc(-c2ccc3cccc(F)c3c2)c(Br)cc1C(C=C1OC(=O)NC1=O)C(C)C. The van der Waals surface area contributed by atoms with Crippen LogP contribution in [0.15, 0.2) is 58.8 Å². The molecule has 4 rings (SSSR count). The summed E-state index contributed by atoms with van der Waals surface area (Å²) < 4.78 is 25.5. The smallest absolute Gasteiger partial charge is 0.419 e. The topological polar surface area (TPSA) is 77.5 Å². The van der Waals surface area contributed by atoms with Crippen LogP contribution in [0.5, 0.6) is 5.88 Å². The number of carbonyl (C=O) groups is 2. The molecule has 1 saturated heterocycles. The average Bonchev–Trinajstić information content (AvgIpc) is 3.08. The van der Waals surface area contributed by atoms with Crippen molar-refractivity contribution in [3.05, 3.63) is 70.2 Å². The normalized spacial score (nSPS) is 15.9. The van der Waals surface area contributed by atoms with E-state index >= 15 is 0 Å². The summed E-state index contributed by atoms with van der Waals surface area (Å²) in [6, 6.07) is 12.3. The lowest BCUT2D eigenvalue weighted by molar-refractivity contribution is -0.116. The quantitative estimate of drug-likeness (QED) is 0.456. The number of methoxy groups -OCH3 is 1. The number of alkyl carbamates (subject to hydrolysis) is 1. The van der Waals surface area contributed by atoms with Gasteiger partial charge in [-0.15, -0.1) is 0 Å². The highest BCUT2D eigenvalue weighted by Gasteiger charge is 2.30. The molecule has 1 unspecified atom stereocenters. The number of carbonyl (C=O) groups excluding carboxylic acids is 2. The standard InChI is InChI=1S/C24H20BrFN2O4/c1-12(2)15(11-20-22(29)28-24(30)32-20)17-10-18(25)21(27-23(17)31-3)14-8-7-13-5-4-6-19(26)16(13)9-14/h4-12,15H,1-3H3,(H,28,29,30). The van der Waals surface area contributed by atoms with Crippen molar-refractivity contribution in [1.82, 2.24) is 10.3 Å². The van der Waals surface area contributed by atoms with Crippen molar-refractivity contribution >= 4 is 38.7 Å².